The molecule has 0 atom stereocenters. The summed E-state index contributed by atoms with van der Waals surface area (Å²) < 4.78 is 6.67. The van der Waals surface area contributed by atoms with E-state index in [-0.39, 0.29) is 5.88 Å². The Labute approximate surface area is 150 Å². The third-order valence-electron chi connectivity index (χ3n) is 3.86. The molecule has 26 heavy (non-hydrogen) atoms. The van der Waals surface area contributed by atoms with Crippen molar-refractivity contribution in [2.24, 2.45) is 0 Å². The lowest BCUT2D eigenvalue weighted by Crippen LogP contribution is -2.28. The van der Waals surface area contributed by atoms with E-state index >= 15 is 0 Å². The van der Waals surface area contributed by atoms with Crippen LogP contribution < -0.4 is 15.3 Å². The summed E-state index contributed by atoms with van der Waals surface area (Å²) in [5, 5.41) is 10.8. The largest absolute Gasteiger partial charge is 0.512 e. The molecular formula is C21H18N2O3. The van der Waals surface area contributed by atoms with Crippen LogP contribution in [0.25, 0.3) is 29.2 Å². The van der Waals surface area contributed by atoms with Gasteiger partial charge in [-0.1, -0.05) is 55.1 Å². The highest BCUT2D eigenvalue weighted by molar-refractivity contribution is 5.64. The molecule has 0 fully saturated rings. The molecule has 2 heterocycles. The summed E-state index contributed by atoms with van der Waals surface area (Å²) in [7, 11) is 0. The summed E-state index contributed by atoms with van der Waals surface area (Å²) in [6, 6.07) is 17.0. The van der Waals surface area contributed by atoms with Crippen molar-refractivity contribution in [2.45, 2.75) is 6.92 Å². The van der Waals surface area contributed by atoms with E-state index in [1.807, 2.05) is 54.0 Å². The van der Waals surface area contributed by atoms with Gasteiger partial charge in [-0.3, -0.25) is 4.57 Å². The monoisotopic (exact) mass is 346 g/mol. The Morgan fingerprint density at radius 3 is 2.62 bits per heavy atom. The maximum Gasteiger partial charge on any atom is 0.512 e. The molecule has 0 aliphatic heterocycles. The third-order valence-corrected chi connectivity index (χ3v) is 3.86. The number of hydrogen-bond acceptors (Lipinski definition) is 3. The Hall–Kier alpha value is -3.60. The van der Waals surface area contributed by atoms with Crippen molar-refractivity contribution in [1.82, 2.24) is 9.55 Å². The summed E-state index contributed by atoms with van der Waals surface area (Å²) in [6.45, 7) is 5.76. The first-order chi connectivity index (χ1) is 12.6. The zero-order valence-electron chi connectivity index (χ0n) is 14.3. The average Bonchev–Trinajstić information content (AvgIpc) is 3.01. The van der Waals surface area contributed by atoms with Crippen molar-refractivity contribution in [3.8, 4) is 23.0 Å². The number of pyridine rings is 1. The average molecular weight is 346 g/mol. The number of aromatic nitrogens is 2. The van der Waals surface area contributed by atoms with Crippen molar-refractivity contribution < 1.29 is 14.6 Å². The highest BCUT2D eigenvalue weighted by atomic mass is 16.7. The van der Waals surface area contributed by atoms with Crippen LogP contribution in [-0.2, 0) is 0 Å². The molecule has 3 aromatic rings. The Morgan fingerprint density at radius 2 is 1.96 bits per heavy atom. The number of rotatable bonds is 4. The minimum absolute atomic E-state index is 0.0225. The Kier molecular flexibility index (Phi) is 4.99. The second-order valence-electron chi connectivity index (χ2n) is 5.46. The van der Waals surface area contributed by atoms with Crippen LogP contribution in [0.15, 0.2) is 67.3 Å². The smallest absolute Gasteiger partial charge is 0.449 e. The Morgan fingerprint density at radius 1 is 1.19 bits per heavy atom. The molecule has 0 saturated carbocycles. The molecule has 5 nitrogen and oxygen atoms in total. The molecule has 0 aliphatic rings. The van der Waals surface area contributed by atoms with Crippen molar-refractivity contribution in [1.29, 1.82) is 0 Å². The summed E-state index contributed by atoms with van der Waals surface area (Å²) >= 11 is 0. The summed E-state index contributed by atoms with van der Waals surface area (Å²) in [5.41, 5.74) is 1.96. The van der Waals surface area contributed by atoms with Crippen LogP contribution in [-0.4, -0.2) is 20.8 Å². The number of hydrogen-bond donors (Lipinski definition) is 1. The summed E-state index contributed by atoms with van der Waals surface area (Å²) in [5.74, 6) is 0.582. The van der Waals surface area contributed by atoms with Crippen LogP contribution in [0.3, 0.4) is 0 Å². The van der Waals surface area contributed by atoms with E-state index < -0.39 is 6.16 Å². The third kappa shape index (κ3) is 3.42. The van der Waals surface area contributed by atoms with E-state index in [2.05, 4.69) is 17.6 Å². The van der Waals surface area contributed by atoms with Gasteiger partial charge in [-0.05, 0) is 35.9 Å². The number of benzene rings is 1. The van der Waals surface area contributed by atoms with Crippen LogP contribution in [0.5, 0.6) is 5.88 Å². The van der Waals surface area contributed by atoms with E-state index in [0.29, 0.717) is 5.82 Å². The second-order valence-corrected chi connectivity index (χ2v) is 5.46. The van der Waals surface area contributed by atoms with E-state index in [1.165, 1.54) is 6.07 Å². The quantitative estimate of drug-likeness (QED) is 0.736. The molecule has 0 radical (unpaired) electrons. The van der Waals surface area contributed by atoms with Gasteiger partial charge in [-0.2, -0.15) is 4.98 Å². The maximum atomic E-state index is 10.8. The van der Waals surface area contributed by atoms with Gasteiger partial charge in [0.25, 0.3) is 0 Å². The van der Waals surface area contributed by atoms with Crippen molar-refractivity contribution in [3.63, 3.8) is 0 Å². The molecule has 2 aromatic heterocycles. The predicted octanol–water partition coefficient (Wildman–Crippen LogP) is 3.36. The maximum absolute atomic E-state index is 10.8. The van der Waals surface area contributed by atoms with Crippen LogP contribution in [0.4, 0.5) is 4.79 Å². The molecule has 1 aromatic carbocycles. The molecule has 0 amide bonds. The topological polar surface area (TPSA) is 64.3 Å². The standard InChI is InChI=1S/C21H18N2O3/c1-3-9-17-15(4-2)14-18(16-10-6-5-7-11-16)23(17)19-12-8-13-20(22-19)26-21(24)25/h3-14H,1H2,2H3,(H,24,25)/b15-4-,17-9+. The molecule has 3 rings (SSSR count). The van der Waals surface area contributed by atoms with Gasteiger partial charge >= 0.3 is 6.16 Å². The summed E-state index contributed by atoms with van der Waals surface area (Å²) in [6.07, 6.45) is 4.22. The number of carbonyl (C=O) groups is 1. The molecule has 1 N–H and O–H groups in total. The molecule has 0 aliphatic carbocycles. The van der Waals surface area contributed by atoms with Gasteiger partial charge in [0.15, 0.2) is 0 Å². The fourth-order valence-corrected chi connectivity index (χ4v) is 2.80. The van der Waals surface area contributed by atoms with E-state index in [0.717, 1.165) is 21.8 Å². The molecule has 0 bridgehead atoms. The number of carboxylic acid groups (broad SMARTS) is 1. The predicted molar refractivity (Wildman–Crippen MR) is 102 cm³/mol. The zero-order chi connectivity index (χ0) is 18.5. The summed E-state index contributed by atoms with van der Waals surface area (Å²) in [4.78, 5) is 15.2. The minimum atomic E-state index is -1.40. The molecule has 0 saturated heterocycles. The fraction of sp³-hybridized carbons (Fsp3) is 0.0476. The van der Waals surface area contributed by atoms with Crippen LogP contribution in [0, 0.1) is 0 Å². The molecule has 0 spiro atoms. The second kappa shape index (κ2) is 7.53. The highest BCUT2D eigenvalue weighted by Crippen LogP contribution is 2.20. The Balaban J connectivity index is 2.32. The number of ether oxygens (including phenoxy) is 1. The van der Waals surface area contributed by atoms with Crippen molar-refractivity contribution >= 4 is 18.3 Å². The van der Waals surface area contributed by atoms with Gasteiger partial charge in [0.2, 0.25) is 5.88 Å². The van der Waals surface area contributed by atoms with Crippen molar-refractivity contribution in [3.05, 3.63) is 77.8 Å². The first kappa shape index (κ1) is 17.2. The number of nitrogens with zero attached hydrogens (tertiary/aromatic N) is 2. The van der Waals surface area contributed by atoms with Gasteiger partial charge < -0.3 is 9.84 Å². The SMILES string of the molecule is C=C/C=c1\c(=C/C)cc(-c2ccccc2)n1-c1cccc(OC(=O)O)n1. The van der Waals surface area contributed by atoms with Gasteiger partial charge in [0, 0.05) is 6.07 Å². The minimum Gasteiger partial charge on any atom is -0.449 e. The highest BCUT2D eigenvalue weighted by Gasteiger charge is 2.12. The van der Waals surface area contributed by atoms with Gasteiger partial charge in [-0.25, -0.2) is 4.79 Å². The lowest BCUT2D eigenvalue weighted by atomic mass is 10.1. The lowest BCUT2D eigenvalue weighted by Gasteiger charge is -2.10. The first-order valence-electron chi connectivity index (χ1n) is 8.08. The van der Waals surface area contributed by atoms with Crippen LogP contribution >= 0.6 is 0 Å². The molecule has 0 unspecified atom stereocenters. The van der Waals surface area contributed by atoms with E-state index in [4.69, 9.17) is 9.84 Å². The Bertz CT molecular complexity index is 1070. The van der Waals surface area contributed by atoms with Gasteiger partial charge in [0.05, 0.1) is 11.0 Å². The fourth-order valence-electron chi connectivity index (χ4n) is 2.80. The zero-order valence-corrected chi connectivity index (χ0v) is 14.3. The number of allylic oxidation sites excluding steroid dienone is 1. The van der Waals surface area contributed by atoms with Crippen LogP contribution in [0.1, 0.15) is 6.92 Å². The van der Waals surface area contributed by atoms with Crippen molar-refractivity contribution in [2.75, 3.05) is 0 Å². The van der Waals surface area contributed by atoms with Crippen LogP contribution in [0.2, 0.25) is 0 Å². The molecule has 5 heteroatoms. The molecular weight excluding hydrogens is 328 g/mol. The normalized spacial score (nSPS) is 12.2. The lowest BCUT2D eigenvalue weighted by molar-refractivity contribution is 0.142. The van der Waals surface area contributed by atoms with E-state index in [1.54, 1.807) is 18.2 Å². The molecule has 130 valence electrons. The van der Waals surface area contributed by atoms with Gasteiger partial charge in [0.1, 0.15) is 5.82 Å². The first-order valence-corrected chi connectivity index (χ1v) is 8.08. The van der Waals surface area contributed by atoms with Gasteiger partial charge in [-0.15, -0.1) is 0 Å². The van der Waals surface area contributed by atoms with E-state index in [9.17, 15) is 4.79 Å².